The lowest BCUT2D eigenvalue weighted by Gasteiger charge is -2.22. The average Bonchev–Trinajstić information content (AvgIpc) is 3.72. The van der Waals surface area contributed by atoms with Crippen molar-refractivity contribution in [3.05, 3.63) is 118 Å². The van der Waals surface area contributed by atoms with E-state index in [-0.39, 0.29) is 22.3 Å². The molecule has 13 heteroatoms. The van der Waals surface area contributed by atoms with Gasteiger partial charge in [-0.2, -0.15) is 14.9 Å². The zero-order chi connectivity index (χ0) is 30.9. The number of nitrogens with zero attached hydrogens (tertiary/aromatic N) is 5. The van der Waals surface area contributed by atoms with Crippen LogP contribution in [0.2, 0.25) is 0 Å². The third-order valence-electron chi connectivity index (χ3n) is 7.83. The van der Waals surface area contributed by atoms with E-state index in [1.807, 2.05) is 6.20 Å². The summed E-state index contributed by atoms with van der Waals surface area (Å²) < 4.78 is 37.6. The van der Waals surface area contributed by atoms with Crippen LogP contribution in [0.1, 0.15) is 45.7 Å². The number of fused-ring (bicyclic) bond motifs is 1. The van der Waals surface area contributed by atoms with Gasteiger partial charge in [-0.1, -0.05) is 0 Å². The van der Waals surface area contributed by atoms with Gasteiger partial charge in [0.05, 0.1) is 28.5 Å². The first kappa shape index (κ1) is 28.9. The van der Waals surface area contributed by atoms with Gasteiger partial charge in [-0.15, -0.1) is 11.8 Å². The number of ether oxygens (including phenoxy) is 1. The summed E-state index contributed by atoms with van der Waals surface area (Å²) in [5, 5.41) is 14.7. The number of rotatable bonds is 7. The van der Waals surface area contributed by atoms with Gasteiger partial charge in [0.2, 0.25) is 0 Å². The van der Waals surface area contributed by atoms with Gasteiger partial charge in [0.15, 0.2) is 11.6 Å². The number of carbonyl (C=O) groups excluding carboxylic acids is 1. The molecule has 2 aliphatic heterocycles. The first-order valence-electron chi connectivity index (χ1n) is 14.5. The van der Waals surface area contributed by atoms with Crippen molar-refractivity contribution < 1.29 is 18.3 Å². The van der Waals surface area contributed by atoms with Crippen molar-refractivity contribution in [2.45, 2.75) is 35.4 Å². The topological polar surface area (TPSA) is 116 Å². The molecule has 5 aromatic rings. The van der Waals surface area contributed by atoms with Gasteiger partial charge >= 0.3 is 0 Å². The van der Waals surface area contributed by atoms with Crippen molar-refractivity contribution in [3.63, 3.8) is 0 Å². The molecule has 1 unspecified atom stereocenters. The zero-order valence-corrected chi connectivity index (χ0v) is 24.6. The molecule has 3 aromatic heterocycles. The second kappa shape index (κ2) is 12.3. The number of amides is 1. The lowest BCUT2D eigenvalue weighted by atomic mass is 10.1. The summed E-state index contributed by atoms with van der Waals surface area (Å²) in [4.78, 5) is 31.3. The summed E-state index contributed by atoms with van der Waals surface area (Å²) >= 11 is 1.62. The van der Waals surface area contributed by atoms with Gasteiger partial charge in [0.1, 0.15) is 17.1 Å². The monoisotopic (exact) mass is 627 g/mol. The van der Waals surface area contributed by atoms with Crippen molar-refractivity contribution >= 4 is 23.4 Å². The first-order chi connectivity index (χ1) is 21.9. The van der Waals surface area contributed by atoms with E-state index in [2.05, 4.69) is 36.7 Å². The molecule has 2 aliphatic rings. The molecule has 0 spiro atoms. The average molecular weight is 628 g/mol. The van der Waals surface area contributed by atoms with Gasteiger partial charge in [0.25, 0.3) is 11.5 Å². The summed E-state index contributed by atoms with van der Waals surface area (Å²) in [6.07, 6.45) is 9.78. The van der Waals surface area contributed by atoms with Crippen LogP contribution in [0.15, 0.2) is 89.1 Å². The number of aromatic nitrogens is 5. The zero-order valence-electron chi connectivity index (χ0n) is 23.8. The van der Waals surface area contributed by atoms with E-state index < -0.39 is 23.1 Å². The molecule has 1 amide bonds. The normalized spacial score (nSPS) is 16.4. The first-order valence-corrected chi connectivity index (χ1v) is 15.3. The van der Waals surface area contributed by atoms with E-state index >= 15 is 4.39 Å². The summed E-state index contributed by atoms with van der Waals surface area (Å²) in [7, 11) is 0. The highest BCUT2D eigenvalue weighted by atomic mass is 32.2. The van der Waals surface area contributed by atoms with Crippen molar-refractivity contribution in [2.24, 2.45) is 0 Å². The fraction of sp³-hybridized carbons (Fsp3) is 0.219. The summed E-state index contributed by atoms with van der Waals surface area (Å²) in [5.41, 5.74) is 1.51. The Labute approximate surface area is 260 Å². The minimum absolute atomic E-state index is 0.0215. The van der Waals surface area contributed by atoms with E-state index in [0.29, 0.717) is 23.9 Å². The Morgan fingerprint density at radius 1 is 1.00 bits per heavy atom. The third kappa shape index (κ3) is 5.96. The summed E-state index contributed by atoms with van der Waals surface area (Å²) in [5.74, 6) is -1.44. The molecule has 1 atom stereocenters. The highest BCUT2D eigenvalue weighted by molar-refractivity contribution is 8.00. The van der Waals surface area contributed by atoms with Crippen LogP contribution in [0.3, 0.4) is 0 Å². The van der Waals surface area contributed by atoms with Crippen LogP contribution in [0.25, 0.3) is 5.69 Å². The molecule has 1 fully saturated rings. The maximum absolute atomic E-state index is 15.2. The minimum Gasteiger partial charge on any atom is -0.453 e. The summed E-state index contributed by atoms with van der Waals surface area (Å²) in [6, 6.07) is 12.5. The smallest absolute Gasteiger partial charge is 0.284 e. The Kier molecular flexibility index (Phi) is 7.86. The Morgan fingerprint density at radius 2 is 1.82 bits per heavy atom. The number of carbonyl (C=O) groups is 1. The molecular formula is C32H27F2N7O3S. The second-order valence-corrected chi connectivity index (χ2v) is 12.0. The fourth-order valence-corrected chi connectivity index (χ4v) is 6.77. The van der Waals surface area contributed by atoms with E-state index in [1.165, 1.54) is 48.7 Å². The second-order valence-electron chi connectivity index (χ2n) is 10.8. The number of hydrogen-bond donors (Lipinski definition) is 2. The predicted molar refractivity (Wildman–Crippen MR) is 164 cm³/mol. The van der Waals surface area contributed by atoms with Gasteiger partial charge in [-0.25, -0.2) is 8.78 Å². The number of anilines is 1. The maximum atomic E-state index is 15.2. The molecule has 0 bridgehead atoms. The molecule has 10 nitrogen and oxygen atoms in total. The van der Waals surface area contributed by atoms with Gasteiger partial charge in [-0.05, 0) is 68.4 Å². The largest absolute Gasteiger partial charge is 0.453 e. The van der Waals surface area contributed by atoms with Crippen LogP contribution in [0.4, 0.5) is 14.5 Å². The molecular weight excluding hydrogens is 600 g/mol. The van der Waals surface area contributed by atoms with E-state index in [0.717, 1.165) is 52.8 Å². The Morgan fingerprint density at radius 3 is 2.62 bits per heavy atom. The Balaban J connectivity index is 1.04. The molecule has 2 aromatic carbocycles. The quantitative estimate of drug-likeness (QED) is 0.245. The third-order valence-corrected chi connectivity index (χ3v) is 9.22. The minimum atomic E-state index is -0.746. The van der Waals surface area contributed by atoms with Gasteiger partial charge in [0, 0.05) is 53.6 Å². The number of halogens is 2. The highest BCUT2D eigenvalue weighted by Gasteiger charge is 2.30. The van der Waals surface area contributed by atoms with Crippen LogP contribution < -0.4 is 20.9 Å². The molecule has 45 heavy (non-hydrogen) atoms. The molecule has 0 aliphatic carbocycles. The van der Waals surface area contributed by atoms with Crippen molar-refractivity contribution in [3.8, 4) is 17.2 Å². The Bertz CT molecular complexity index is 1940. The number of nitrogens with one attached hydrogen (secondary N) is 2. The number of piperidine rings is 1. The molecule has 2 N–H and O–H groups in total. The van der Waals surface area contributed by atoms with Crippen LogP contribution >= 0.6 is 11.8 Å². The van der Waals surface area contributed by atoms with Crippen LogP contribution in [0.5, 0.6) is 11.5 Å². The van der Waals surface area contributed by atoms with Crippen molar-refractivity contribution in [1.29, 1.82) is 0 Å². The highest BCUT2D eigenvalue weighted by Crippen LogP contribution is 2.50. The number of pyridine rings is 1. The van der Waals surface area contributed by atoms with E-state index in [9.17, 15) is 14.0 Å². The van der Waals surface area contributed by atoms with E-state index in [4.69, 9.17) is 4.74 Å². The fourth-order valence-electron chi connectivity index (χ4n) is 5.49. The van der Waals surface area contributed by atoms with Crippen molar-refractivity contribution in [1.82, 2.24) is 29.9 Å². The van der Waals surface area contributed by atoms with Crippen LogP contribution in [-0.4, -0.2) is 43.5 Å². The lowest BCUT2D eigenvalue weighted by molar-refractivity contribution is 0.102. The van der Waals surface area contributed by atoms with Crippen LogP contribution in [-0.2, 0) is 6.42 Å². The van der Waals surface area contributed by atoms with Crippen LogP contribution in [0, 0.1) is 11.6 Å². The molecule has 5 heterocycles. The number of benzene rings is 2. The van der Waals surface area contributed by atoms with Gasteiger partial charge < -0.3 is 15.4 Å². The SMILES string of the molecule is O=C(Nc1ccc(Oc2ccnc3c2SC(c2cnn(C4CCNCC4)c2)C3)c(F)c1)c1ccnn(-c2ccc(F)cc2)c1=O. The molecule has 1 saturated heterocycles. The van der Waals surface area contributed by atoms with Gasteiger partial charge in [-0.3, -0.25) is 19.3 Å². The number of hydrogen-bond acceptors (Lipinski definition) is 8. The van der Waals surface area contributed by atoms with Crippen molar-refractivity contribution in [2.75, 3.05) is 18.4 Å². The standard InChI is InChI=1S/C32H27F2N7O3S/c33-20-1-4-23(5-2-20)41-32(43)24(9-14-37-41)31(42)39-21-3-6-27(25(34)15-21)44-28-10-13-36-26-16-29(45-30(26)28)19-17-38-40(18-19)22-7-11-35-12-8-22/h1-6,9-10,13-15,17-18,22,29,35H,7-8,11-12,16H2,(H,39,42). The molecule has 228 valence electrons. The predicted octanol–water partition coefficient (Wildman–Crippen LogP) is 5.46. The molecule has 0 radical (unpaired) electrons. The summed E-state index contributed by atoms with van der Waals surface area (Å²) in [6.45, 7) is 1.98. The molecule has 7 rings (SSSR count). The number of thioether (sulfide) groups is 1. The Hall–Kier alpha value is -4.88. The molecule has 0 saturated carbocycles. The lowest BCUT2D eigenvalue weighted by Crippen LogP contribution is -2.29. The maximum Gasteiger partial charge on any atom is 0.284 e. The van der Waals surface area contributed by atoms with E-state index in [1.54, 1.807) is 24.0 Å².